The molecule has 0 bridgehead atoms. The van der Waals surface area contributed by atoms with Crippen molar-refractivity contribution in [3.8, 4) is 11.5 Å². The van der Waals surface area contributed by atoms with Crippen LogP contribution in [0.1, 0.15) is 47.7 Å². The van der Waals surface area contributed by atoms with Crippen LogP contribution in [0, 0.1) is 0 Å². The summed E-state index contributed by atoms with van der Waals surface area (Å²) in [5.41, 5.74) is 4.95. The molecule has 1 N–H and O–H groups in total. The van der Waals surface area contributed by atoms with Gasteiger partial charge in [0.05, 0.1) is 12.8 Å². The molecule has 3 aromatic rings. The molecule has 0 saturated carbocycles. The van der Waals surface area contributed by atoms with Crippen molar-refractivity contribution in [1.82, 2.24) is 5.43 Å². The fraction of sp³-hybridized carbons (Fsp3) is 0.231. The maximum atomic E-state index is 12.4. The van der Waals surface area contributed by atoms with Crippen LogP contribution in [-0.2, 0) is 6.61 Å². The first kappa shape index (κ1) is 23.5. The molecule has 32 heavy (non-hydrogen) atoms. The SMILES string of the molecule is CCCCCOc1ccccc1/C=N\NC(=O)c1ccc(OCc2ccc(Br)cc2)cc1. The maximum Gasteiger partial charge on any atom is 0.271 e. The molecule has 0 aromatic heterocycles. The number of benzene rings is 3. The van der Waals surface area contributed by atoms with Gasteiger partial charge in [-0.15, -0.1) is 0 Å². The van der Waals surface area contributed by atoms with Crippen molar-refractivity contribution in [2.75, 3.05) is 6.61 Å². The van der Waals surface area contributed by atoms with E-state index in [1.807, 2.05) is 48.5 Å². The van der Waals surface area contributed by atoms with E-state index in [0.717, 1.165) is 40.6 Å². The topological polar surface area (TPSA) is 59.9 Å². The molecule has 166 valence electrons. The maximum absolute atomic E-state index is 12.4. The monoisotopic (exact) mass is 494 g/mol. The van der Waals surface area contributed by atoms with Gasteiger partial charge in [0.15, 0.2) is 0 Å². The number of carbonyl (C=O) groups excluding carboxylic acids is 1. The lowest BCUT2D eigenvalue weighted by Gasteiger charge is -2.08. The van der Waals surface area contributed by atoms with Gasteiger partial charge >= 0.3 is 0 Å². The van der Waals surface area contributed by atoms with E-state index < -0.39 is 0 Å². The number of rotatable bonds is 11. The normalized spacial score (nSPS) is 10.8. The number of amides is 1. The number of para-hydroxylation sites is 1. The van der Waals surface area contributed by atoms with E-state index in [2.05, 4.69) is 33.4 Å². The molecule has 0 spiro atoms. The zero-order chi connectivity index (χ0) is 22.6. The van der Waals surface area contributed by atoms with Crippen molar-refractivity contribution in [2.45, 2.75) is 32.8 Å². The summed E-state index contributed by atoms with van der Waals surface area (Å²) in [6, 6.07) is 22.6. The van der Waals surface area contributed by atoms with Gasteiger partial charge < -0.3 is 9.47 Å². The molecule has 0 aliphatic rings. The standard InChI is InChI=1S/C26H27BrN2O3/c1-2-3-6-17-31-25-8-5-4-7-22(25)18-28-29-26(30)21-11-15-24(16-12-21)32-19-20-9-13-23(27)14-10-20/h4-5,7-16,18H,2-3,6,17,19H2,1H3,(H,29,30)/b28-18-. The summed E-state index contributed by atoms with van der Waals surface area (Å²) >= 11 is 3.42. The quantitative estimate of drug-likeness (QED) is 0.191. The predicted octanol–water partition coefficient (Wildman–Crippen LogP) is 6.36. The largest absolute Gasteiger partial charge is 0.493 e. The third-order valence-electron chi connectivity index (χ3n) is 4.73. The summed E-state index contributed by atoms with van der Waals surface area (Å²) in [6.07, 6.45) is 4.90. The number of halogens is 1. The molecule has 0 atom stereocenters. The molecule has 6 heteroatoms. The van der Waals surface area contributed by atoms with Crippen LogP contribution in [-0.4, -0.2) is 18.7 Å². The minimum atomic E-state index is -0.290. The zero-order valence-corrected chi connectivity index (χ0v) is 19.7. The van der Waals surface area contributed by atoms with Crippen LogP contribution in [0.2, 0.25) is 0 Å². The molecular formula is C26H27BrN2O3. The van der Waals surface area contributed by atoms with Gasteiger partial charge in [0, 0.05) is 15.6 Å². The number of carbonyl (C=O) groups is 1. The van der Waals surface area contributed by atoms with Gasteiger partial charge in [-0.2, -0.15) is 5.10 Å². The van der Waals surface area contributed by atoms with Crippen LogP contribution >= 0.6 is 15.9 Å². The summed E-state index contributed by atoms with van der Waals surface area (Å²) in [4.78, 5) is 12.4. The van der Waals surface area contributed by atoms with Gasteiger partial charge in [0.1, 0.15) is 18.1 Å². The van der Waals surface area contributed by atoms with E-state index in [1.54, 1.807) is 30.5 Å². The van der Waals surface area contributed by atoms with E-state index in [-0.39, 0.29) is 5.91 Å². The van der Waals surface area contributed by atoms with Crippen LogP contribution in [0.15, 0.2) is 82.4 Å². The second kappa shape index (κ2) is 12.7. The Kier molecular flexibility index (Phi) is 9.32. The summed E-state index contributed by atoms with van der Waals surface area (Å²) in [6.45, 7) is 3.29. The highest BCUT2D eigenvalue weighted by atomic mass is 79.9. The Hall–Kier alpha value is -3.12. The number of hydrazone groups is 1. The lowest BCUT2D eigenvalue weighted by molar-refractivity contribution is 0.0955. The molecule has 0 aliphatic heterocycles. The molecule has 3 rings (SSSR count). The van der Waals surface area contributed by atoms with Gasteiger partial charge in [0.25, 0.3) is 5.91 Å². The molecule has 0 fully saturated rings. The Morgan fingerprint density at radius 3 is 2.47 bits per heavy atom. The predicted molar refractivity (Wildman–Crippen MR) is 131 cm³/mol. The molecule has 0 unspecified atom stereocenters. The molecule has 0 saturated heterocycles. The third kappa shape index (κ3) is 7.54. The first-order valence-corrected chi connectivity index (χ1v) is 11.5. The molecule has 5 nitrogen and oxygen atoms in total. The van der Waals surface area contributed by atoms with Crippen LogP contribution in [0.25, 0.3) is 0 Å². The van der Waals surface area contributed by atoms with Gasteiger partial charge in [-0.3, -0.25) is 4.79 Å². The Morgan fingerprint density at radius 1 is 0.969 bits per heavy atom. The van der Waals surface area contributed by atoms with Crippen molar-refractivity contribution in [1.29, 1.82) is 0 Å². The van der Waals surface area contributed by atoms with Crippen molar-refractivity contribution >= 4 is 28.1 Å². The summed E-state index contributed by atoms with van der Waals surface area (Å²) in [5, 5.41) is 4.09. The second-order valence-electron chi connectivity index (χ2n) is 7.23. The van der Waals surface area contributed by atoms with Gasteiger partial charge in [-0.25, -0.2) is 5.43 Å². The van der Waals surface area contributed by atoms with Crippen molar-refractivity contribution in [3.05, 3.63) is 94.0 Å². The molecule has 3 aromatic carbocycles. The Morgan fingerprint density at radius 2 is 1.72 bits per heavy atom. The molecule has 0 radical (unpaired) electrons. The second-order valence-corrected chi connectivity index (χ2v) is 8.15. The summed E-state index contributed by atoms with van der Waals surface area (Å²) in [5.74, 6) is 1.16. The summed E-state index contributed by atoms with van der Waals surface area (Å²) in [7, 11) is 0. The van der Waals surface area contributed by atoms with E-state index >= 15 is 0 Å². The number of nitrogens with zero attached hydrogens (tertiary/aromatic N) is 1. The zero-order valence-electron chi connectivity index (χ0n) is 18.1. The van der Waals surface area contributed by atoms with E-state index in [1.165, 1.54) is 0 Å². The van der Waals surface area contributed by atoms with Crippen LogP contribution in [0.3, 0.4) is 0 Å². The Labute approximate surface area is 197 Å². The van der Waals surface area contributed by atoms with Crippen LogP contribution < -0.4 is 14.9 Å². The third-order valence-corrected chi connectivity index (χ3v) is 5.26. The van der Waals surface area contributed by atoms with Crippen LogP contribution in [0.5, 0.6) is 11.5 Å². The molecular weight excluding hydrogens is 468 g/mol. The first-order chi connectivity index (χ1) is 15.7. The highest BCUT2D eigenvalue weighted by Gasteiger charge is 2.06. The Bertz CT molecular complexity index is 1020. The highest BCUT2D eigenvalue weighted by molar-refractivity contribution is 9.10. The van der Waals surface area contributed by atoms with Gasteiger partial charge in [0.2, 0.25) is 0 Å². The average Bonchev–Trinajstić information content (AvgIpc) is 2.82. The highest BCUT2D eigenvalue weighted by Crippen LogP contribution is 2.17. The average molecular weight is 495 g/mol. The number of ether oxygens (including phenoxy) is 2. The van der Waals surface area contributed by atoms with Gasteiger partial charge in [-0.1, -0.05) is 60.0 Å². The molecule has 0 aliphatic carbocycles. The Balaban J connectivity index is 1.50. The smallest absolute Gasteiger partial charge is 0.271 e. The summed E-state index contributed by atoms with van der Waals surface area (Å²) < 4.78 is 12.6. The van der Waals surface area contributed by atoms with E-state index in [9.17, 15) is 4.79 Å². The number of unbranched alkanes of at least 4 members (excludes halogenated alkanes) is 2. The van der Waals surface area contributed by atoms with E-state index in [4.69, 9.17) is 9.47 Å². The van der Waals surface area contributed by atoms with Crippen molar-refractivity contribution in [2.24, 2.45) is 5.10 Å². The fourth-order valence-corrected chi connectivity index (χ4v) is 3.19. The van der Waals surface area contributed by atoms with Crippen LogP contribution in [0.4, 0.5) is 0 Å². The minimum Gasteiger partial charge on any atom is -0.493 e. The van der Waals surface area contributed by atoms with Crippen molar-refractivity contribution < 1.29 is 14.3 Å². The fourth-order valence-electron chi connectivity index (χ4n) is 2.93. The van der Waals surface area contributed by atoms with E-state index in [0.29, 0.717) is 24.5 Å². The molecule has 0 heterocycles. The lowest BCUT2D eigenvalue weighted by atomic mass is 10.2. The first-order valence-electron chi connectivity index (χ1n) is 10.7. The minimum absolute atomic E-state index is 0.290. The van der Waals surface area contributed by atoms with Gasteiger partial charge in [-0.05, 0) is 60.5 Å². The number of hydrogen-bond acceptors (Lipinski definition) is 4. The lowest BCUT2D eigenvalue weighted by Crippen LogP contribution is -2.17. The molecule has 1 amide bonds. The number of hydrogen-bond donors (Lipinski definition) is 1. The number of nitrogens with one attached hydrogen (secondary N) is 1. The van der Waals surface area contributed by atoms with Crippen molar-refractivity contribution in [3.63, 3.8) is 0 Å².